The standard InChI is InChI=1S/C16H13ClN2O2/c1-11-13(5-2-6-14(11)17)16(21)19-15-10-12(4-3-9-20)7-8-18-15/h2,5-8,10,20H,9H2,1H3,(H,18,19,21). The largest absolute Gasteiger partial charge is 0.384 e. The summed E-state index contributed by atoms with van der Waals surface area (Å²) < 4.78 is 0. The Bertz CT molecular complexity index is 733. The molecular weight excluding hydrogens is 288 g/mol. The molecule has 0 fully saturated rings. The second-order valence-corrected chi connectivity index (χ2v) is 4.66. The Hall–Kier alpha value is -2.35. The molecule has 4 nitrogen and oxygen atoms in total. The van der Waals surface area contributed by atoms with Crippen LogP contribution < -0.4 is 5.32 Å². The van der Waals surface area contributed by atoms with Crippen LogP contribution in [0, 0.1) is 18.8 Å². The van der Waals surface area contributed by atoms with Crippen LogP contribution in [-0.4, -0.2) is 22.6 Å². The zero-order valence-electron chi connectivity index (χ0n) is 11.4. The Morgan fingerprint density at radius 1 is 1.43 bits per heavy atom. The summed E-state index contributed by atoms with van der Waals surface area (Å²) in [5.41, 5.74) is 1.88. The normalized spacial score (nSPS) is 9.67. The van der Waals surface area contributed by atoms with E-state index in [1.807, 2.05) is 0 Å². The average molecular weight is 301 g/mol. The molecule has 1 heterocycles. The maximum absolute atomic E-state index is 12.2. The molecule has 0 spiro atoms. The second kappa shape index (κ2) is 6.89. The lowest BCUT2D eigenvalue weighted by atomic mass is 10.1. The van der Waals surface area contributed by atoms with Gasteiger partial charge in [0.15, 0.2) is 0 Å². The summed E-state index contributed by atoms with van der Waals surface area (Å²) in [4.78, 5) is 16.3. The number of aromatic nitrogens is 1. The maximum Gasteiger partial charge on any atom is 0.257 e. The van der Waals surface area contributed by atoms with Crippen molar-refractivity contribution in [3.8, 4) is 11.8 Å². The summed E-state index contributed by atoms with van der Waals surface area (Å²) >= 11 is 6.01. The summed E-state index contributed by atoms with van der Waals surface area (Å²) in [5, 5.41) is 11.9. The number of aliphatic hydroxyl groups is 1. The first-order valence-corrected chi connectivity index (χ1v) is 6.62. The van der Waals surface area contributed by atoms with Crippen molar-refractivity contribution in [2.24, 2.45) is 0 Å². The van der Waals surface area contributed by atoms with Gasteiger partial charge in [-0.1, -0.05) is 29.5 Å². The molecule has 0 aliphatic rings. The number of pyridine rings is 1. The summed E-state index contributed by atoms with van der Waals surface area (Å²) in [6, 6.07) is 8.49. The zero-order chi connectivity index (χ0) is 15.2. The molecule has 0 aliphatic heterocycles. The molecule has 0 saturated heterocycles. The predicted molar refractivity (Wildman–Crippen MR) is 82.3 cm³/mol. The van der Waals surface area contributed by atoms with E-state index >= 15 is 0 Å². The molecule has 5 heteroatoms. The minimum Gasteiger partial charge on any atom is -0.384 e. The third kappa shape index (κ3) is 3.82. The summed E-state index contributed by atoms with van der Waals surface area (Å²) in [7, 11) is 0. The lowest BCUT2D eigenvalue weighted by Gasteiger charge is -2.08. The van der Waals surface area contributed by atoms with Crippen molar-refractivity contribution >= 4 is 23.3 Å². The van der Waals surface area contributed by atoms with Gasteiger partial charge in [-0.05, 0) is 36.8 Å². The molecule has 2 N–H and O–H groups in total. The summed E-state index contributed by atoms with van der Waals surface area (Å²) in [6.07, 6.45) is 1.54. The number of nitrogens with one attached hydrogen (secondary N) is 1. The van der Waals surface area contributed by atoms with Crippen LogP contribution in [0.25, 0.3) is 0 Å². The van der Waals surface area contributed by atoms with E-state index in [4.69, 9.17) is 16.7 Å². The Labute approximate surface area is 127 Å². The van der Waals surface area contributed by atoms with Gasteiger partial charge in [0, 0.05) is 22.3 Å². The molecule has 0 bridgehead atoms. The number of aliphatic hydroxyl groups excluding tert-OH is 1. The number of hydrogen-bond acceptors (Lipinski definition) is 3. The molecule has 0 atom stereocenters. The Morgan fingerprint density at radius 3 is 3.00 bits per heavy atom. The fourth-order valence-corrected chi connectivity index (χ4v) is 1.93. The van der Waals surface area contributed by atoms with Crippen molar-refractivity contribution in [1.82, 2.24) is 4.98 Å². The van der Waals surface area contributed by atoms with Gasteiger partial charge in [-0.3, -0.25) is 4.79 Å². The van der Waals surface area contributed by atoms with Gasteiger partial charge in [-0.15, -0.1) is 0 Å². The van der Waals surface area contributed by atoms with Crippen molar-refractivity contribution in [1.29, 1.82) is 0 Å². The molecule has 1 aromatic heterocycles. The van der Waals surface area contributed by atoms with E-state index in [2.05, 4.69) is 22.1 Å². The maximum atomic E-state index is 12.2. The Balaban J connectivity index is 2.22. The van der Waals surface area contributed by atoms with Gasteiger partial charge in [-0.2, -0.15) is 0 Å². The van der Waals surface area contributed by atoms with E-state index in [1.165, 1.54) is 0 Å². The molecular formula is C16H13ClN2O2. The fraction of sp³-hybridized carbons (Fsp3) is 0.125. The minimum absolute atomic E-state index is 0.217. The summed E-state index contributed by atoms with van der Waals surface area (Å²) in [5.74, 6) is 5.41. The lowest BCUT2D eigenvalue weighted by Crippen LogP contribution is -2.14. The third-order valence-electron chi connectivity index (χ3n) is 2.83. The monoisotopic (exact) mass is 300 g/mol. The second-order valence-electron chi connectivity index (χ2n) is 4.26. The number of rotatable bonds is 2. The molecule has 0 radical (unpaired) electrons. The van der Waals surface area contributed by atoms with Crippen LogP contribution in [0.3, 0.4) is 0 Å². The number of anilines is 1. The Morgan fingerprint density at radius 2 is 2.24 bits per heavy atom. The highest BCUT2D eigenvalue weighted by Gasteiger charge is 2.11. The fourth-order valence-electron chi connectivity index (χ4n) is 1.76. The van der Waals surface area contributed by atoms with Gasteiger partial charge in [0.1, 0.15) is 12.4 Å². The molecule has 1 amide bonds. The van der Waals surface area contributed by atoms with Gasteiger partial charge < -0.3 is 10.4 Å². The highest BCUT2D eigenvalue weighted by molar-refractivity contribution is 6.32. The van der Waals surface area contributed by atoms with Crippen molar-refractivity contribution < 1.29 is 9.90 Å². The number of hydrogen-bond donors (Lipinski definition) is 2. The van der Waals surface area contributed by atoms with E-state index in [0.29, 0.717) is 27.5 Å². The number of halogens is 1. The molecule has 1 aromatic carbocycles. The highest BCUT2D eigenvalue weighted by Crippen LogP contribution is 2.19. The third-order valence-corrected chi connectivity index (χ3v) is 3.24. The zero-order valence-corrected chi connectivity index (χ0v) is 12.1. The molecule has 0 aliphatic carbocycles. The summed E-state index contributed by atoms with van der Waals surface area (Å²) in [6.45, 7) is 1.57. The van der Waals surface area contributed by atoms with Crippen LogP contribution in [0.1, 0.15) is 21.5 Å². The molecule has 0 unspecified atom stereocenters. The predicted octanol–water partition coefficient (Wildman–Crippen LogP) is 2.64. The van der Waals surface area contributed by atoms with Gasteiger partial charge in [0.25, 0.3) is 5.91 Å². The minimum atomic E-state index is -0.283. The number of benzene rings is 1. The van der Waals surface area contributed by atoms with Crippen LogP contribution in [0.15, 0.2) is 36.5 Å². The molecule has 106 valence electrons. The number of amides is 1. The smallest absolute Gasteiger partial charge is 0.257 e. The van der Waals surface area contributed by atoms with Crippen LogP contribution >= 0.6 is 11.6 Å². The van der Waals surface area contributed by atoms with Crippen LogP contribution in [-0.2, 0) is 0 Å². The van der Waals surface area contributed by atoms with Crippen molar-refractivity contribution in [3.63, 3.8) is 0 Å². The molecule has 2 rings (SSSR count). The van der Waals surface area contributed by atoms with Gasteiger partial charge in [0.05, 0.1) is 0 Å². The van der Waals surface area contributed by atoms with Crippen LogP contribution in [0.2, 0.25) is 5.02 Å². The highest BCUT2D eigenvalue weighted by atomic mass is 35.5. The van der Waals surface area contributed by atoms with E-state index in [1.54, 1.807) is 43.5 Å². The number of carbonyl (C=O) groups excluding carboxylic acids is 1. The topological polar surface area (TPSA) is 62.2 Å². The van der Waals surface area contributed by atoms with E-state index in [-0.39, 0.29) is 12.5 Å². The number of nitrogens with zero attached hydrogens (tertiary/aromatic N) is 1. The quantitative estimate of drug-likeness (QED) is 0.838. The molecule has 21 heavy (non-hydrogen) atoms. The van der Waals surface area contributed by atoms with Crippen molar-refractivity contribution in [2.75, 3.05) is 11.9 Å². The van der Waals surface area contributed by atoms with E-state index in [9.17, 15) is 4.79 Å². The van der Waals surface area contributed by atoms with Gasteiger partial charge in [0.2, 0.25) is 0 Å². The van der Waals surface area contributed by atoms with Crippen molar-refractivity contribution in [3.05, 3.63) is 58.2 Å². The first kappa shape index (κ1) is 15.0. The van der Waals surface area contributed by atoms with Gasteiger partial charge in [-0.25, -0.2) is 4.98 Å². The van der Waals surface area contributed by atoms with Crippen LogP contribution in [0.4, 0.5) is 5.82 Å². The van der Waals surface area contributed by atoms with E-state index < -0.39 is 0 Å². The number of carbonyl (C=O) groups is 1. The molecule has 0 saturated carbocycles. The first-order chi connectivity index (χ1) is 10.1. The van der Waals surface area contributed by atoms with Crippen LogP contribution in [0.5, 0.6) is 0 Å². The SMILES string of the molecule is Cc1c(Cl)cccc1C(=O)Nc1cc(C#CCO)ccn1. The van der Waals surface area contributed by atoms with Gasteiger partial charge >= 0.3 is 0 Å². The molecule has 2 aromatic rings. The van der Waals surface area contributed by atoms with E-state index in [0.717, 1.165) is 0 Å². The lowest BCUT2D eigenvalue weighted by molar-refractivity contribution is 0.102. The van der Waals surface area contributed by atoms with Crippen molar-refractivity contribution in [2.45, 2.75) is 6.92 Å². The first-order valence-electron chi connectivity index (χ1n) is 6.24. The average Bonchev–Trinajstić information content (AvgIpc) is 2.48. The Kier molecular flexibility index (Phi) is 4.94.